The van der Waals surface area contributed by atoms with E-state index in [0.29, 0.717) is 39.0 Å². The molecule has 0 bridgehead atoms. The lowest BCUT2D eigenvalue weighted by Crippen LogP contribution is -2.30. The minimum atomic E-state index is -0.532. The van der Waals surface area contributed by atoms with Gasteiger partial charge in [-0.25, -0.2) is 0 Å². The maximum Gasteiger partial charge on any atom is 0.272 e. The fourth-order valence-corrected chi connectivity index (χ4v) is 4.90. The number of hydrogen-bond donors (Lipinski definition) is 3. The average molecular weight is 616 g/mol. The van der Waals surface area contributed by atoms with Gasteiger partial charge in [-0.2, -0.15) is 0 Å². The van der Waals surface area contributed by atoms with Crippen LogP contribution in [0.1, 0.15) is 21.5 Å². The molecule has 0 saturated heterocycles. The molecule has 0 heterocycles. The van der Waals surface area contributed by atoms with Crippen molar-refractivity contribution in [3.63, 3.8) is 0 Å². The molecule has 4 aromatic rings. The van der Waals surface area contributed by atoms with Crippen LogP contribution in [0.4, 0.5) is 11.4 Å². The van der Waals surface area contributed by atoms with Gasteiger partial charge in [0.2, 0.25) is 5.91 Å². The number of nitrogens with one attached hydrogen (secondary N) is 3. The van der Waals surface area contributed by atoms with E-state index in [0.717, 1.165) is 10.5 Å². The number of thioether (sulfide) groups is 1. The van der Waals surface area contributed by atoms with Crippen molar-refractivity contribution in [1.29, 1.82) is 0 Å². The normalized spacial score (nSPS) is 10.9. The van der Waals surface area contributed by atoms with Crippen LogP contribution >= 0.6 is 23.4 Å². The SMILES string of the molecule is COc1ccc(/C=C(/NC(=O)c2ccccc2)C(=O)Nc2cccc(SCC(=O)Nc3cc(Cl)ccc3C)c2)cc1OC. The van der Waals surface area contributed by atoms with Crippen LogP contribution in [0.5, 0.6) is 11.5 Å². The molecule has 0 spiro atoms. The van der Waals surface area contributed by atoms with E-state index in [-0.39, 0.29) is 17.4 Å². The second kappa shape index (κ2) is 14.9. The molecule has 0 fully saturated rings. The van der Waals surface area contributed by atoms with Crippen LogP contribution in [0.15, 0.2) is 102 Å². The molecule has 0 radical (unpaired) electrons. The van der Waals surface area contributed by atoms with Crippen molar-refractivity contribution < 1.29 is 23.9 Å². The summed E-state index contributed by atoms with van der Waals surface area (Å²) >= 11 is 7.37. The second-order valence-electron chi connectivity index (χ2n) is 9.27. The van der Waals surface area contributed by atoms with Crippen LogP contribution in [0, 0.1) is 6.92 Å². The Morgan fingerprint density at radius 3 is 2.35 bits per heavy atom. The fourth-order valence-electron chi connectivity index (χ4n) is 3.98. The van der Waals surface area contributed by atoms with E-state index in [1.165, 1.54) is 26.0 Å². The molecule has 3 N–H and O–H groups in total. The number of rotatable bonds is 11. The Morgan fingerprint density at radius 1 is 0.837 bits per heavy atom. The summed E-state index contributed by atoms with van der Waals surface area (Å²) in [5.74, 6) is 0.00653. The van der Waals surface area contributed by atoms with Gasteiger partial charge in [-0.15, -0.1) is 11.8 Å². The molecule has 0 aliphatic rings. The van der Waals surface area contributed by atoms with Crippen molar-refractivity contribution in [2.24, 2.45) is 0 Å². The number of methoxy groups -OCH3 is 2. The summed E-state index contributed by atoms with van der Waals surface area (Å²) in [5.41, 5.74) is 3.09. The van der Waals surface area contributed by atoms with Crippen LogP contribution in [0.2, 0.25) is 5.02 Å². The van der Waals surface area contributed by atoms with E-state index < -0.39 is 11.8 Å². The fraction of sp³-hybridized carbons (Fsp3) is 0.121. The topological polar surface area (TPSA) is 106 Å². The van der Waals surface area contributed by atoms with E-state index in [4.69, 9.17) is 21.1 Å². The molecule has 0 aromatic heterocycles. The molecule has 0 atom stereocenters. The lowest BCUT2D eigenvalue weighted by Gasteiger charge is -2.13. The Bertz CT molecular complexity index is 1660. The van der Waals surface area contributed by atoms with Gasteiger partial charge in [0.15, 0.2) is 11.5 Å². The number of ether oxygens (including phenoxy) is 2. The highest BCUT2D eigenvalue weighted by molar-refractivity contribution is 8.00. The number of carbonyl (C=O) groups excluding carboxylic acids is 3. The zero-order valence-electron chi connectivity index (χ0n) is 23.8. The largest absolute Gasteiger partial charge is 0.493 e. The van der Waals surface area contributed by atoms with Gasteiger partial charge in [-0.1, -0.05) is 48.0 Å². The molecule has 220 valence electrons. The Hall–Kier alpha value is -4.73. The summed E-state index contributed by atoms with van der Waals surface area (Å²) < 4.78 is 10.7. The molecule has 0 aliphatic carbocycles. The minimum Gasteiger partial charge on any atom is -0.493 e. The first-order valence-electron chi connectivity index (χ1n) is 13.2. The maximum absolute atomic E-state index is 13.5. The molecule has 0 saturated carbocycles. The van der Waals surface area contributed by atoms with Crippen molar-refractivity contribution in [2.75, 3.05) is 30.6 Å². The summed E-state index contributed by atoms with van der Waals surface area (Å²) in [6.45, 7) is 1.89. The minimum absolute atomic E-state index is 0.0235. The standard InChI is InChI=1S/C33H30ClN3O5S/c1-21-12-14-24(34)18-27(21)36-31(38)20-43-26-11-7-10-25(19-26)35-33(40)28(37-32(39)23-8-5-4-6-9-23)16-22-13-15-29(41-2)30(17-22)42-3/h4-19H,20H2,1-3H3,(H,35,40)(H,36,38)(H,37,39)/b28-16+. The smallest absolute Gasteiger partial charge is 0.272 e. The summed E-state index contributed by atoms with van der Waals surface area (Å²) in [5, 5.41) is 8.98. The number of carbonyl (C=O) groups is 3. The van der Waals surface area contributed by atoms with Gasteiger partial charge in [-0.3, -0.25) is 14.4 Å². The summed E-state index contributed by atoms with van der Waals surface area (Å²) in [6, 6.07) is 26.2. The zero-order valence-corrected chi connectivity index (χ0v) is 25.3. The van der Waals surface area contributed by atoms with Gasteiger partial charge in [0.05, 0.1) is 20.0 Å². The third-order valence-corrected chi connectivity index (χ3v) is 7.41. The quantitative estimate of drug-likeness (QED) is 0.126. The Morgan fingerprint density at radius 2 is 1.60 bits per heavy atom. The van der Waals surface area contributed by atoms with Gasteiger partial charge >= 0.3 is 0 Å². The molecule has 0 unspecified atom stereocenters. The van der Waals surface area contributed by atoms with Crippen molar-refractivity contribution in [3.05, 3.63) is 118 Å². The van der Waals surface area contributed by atoms with Crippen molar-refractivity contribution in [2.45, 2.75) is 11.8 Å². The highest BCUT2D eigenvalue weighted by Gasteiger charge is 2.16. The van der Waals surface area contributed by atoms with Crippen molar-refractivity contribution >= 4 is 58.5 Å². The summed E-state index contributed by atoms with van der Waals surface area (Å²) in [7, 11) is 3.05. The Labute approximate surface area is 259 Å². The second-order valence-corrected chi connectivity index (χ2v) is 10.8. The highest BCUT2D eigenvalue weighted by Crippen LogP contribution is 2.29. The predicted molar refractivity (Wildman–Crippen MR) is 172 cm³/mol. The van der Waals surface area contributed by atoms with E-state index in [2.05, 4.69) is 16.0 Å². The number of halogens is 1. The molecule has 8 nitrogen and oxygen atoms in total. The van der Waals surface area contributed by atoms with E-state index in [9.17, 15) is 14.4 Å². The van der Waals surface area contributed by atoms with Gasteiger partial charge in [0.25, 0.3) is 11.8 Å². The number of hydrogen-bond acceptors (Lipinski definition) is 6. The molecular weight excluding hydrogens is 586 g/mol. The number of amides is 3. The molecule has 4 aromatic carbocycles. The summed E-state index contributed by atoms with van der Waals surface area (Å²) in [4.78, 5) is 39.8. The van der Waals surface area contributed by atoms with E-state index in [1.54, 1.807) is 84.9 Å². The first-order chi connectivity index (χ1) is 20.7. The molecule has 10 heteroatoms. The predicted octanol–water partition coefficient (Wildman–Crippen LogP) is 6.81. The van der Waals surface area contributed by atoms with Gasteiger partial charge in [0.1, 0.15) is 5.70 Å². The number of aryl methyl sites for hydroxylation is 1. The first kappa shape index (κ1) is 31.2. The first-order valence-corrected chi connectivity index (χ1v) is 14.5. The monoisotopic (exact) mass is 615 g/mol. The summed E-state index contributed by atoms with van der Waals surface area (Å²) in [6.07, 6.45) is 1.55. The molecule has 4 rings (SSSR count). The average Bonchev–Trinajstić information content (AvgIpc) is 3.02. The van der Waals surface area contributed by atoms with Crippen LogP contribution in [0.3, 0.4) is 0 Å². The molecular formula is C33H30ClN3O5S. The lowest BCUT2D eigenvalue weighted by molar-refractivity contribution is -0.114. The highest BCUT2D eigenvalue weighted by atomic mass is 35.5. The number of anilines is 2. The lowest BCUT2D eigenvalue weighted by atomic mass is 10.1. The van der Waals surface area contributed by atoms with Crippen LogP contribution < -0.4 is 25.4 Å². The third-order valence-electron chi connectivity index (χ3n) is 6.18. The van der Waals surface area contributed by atoms with Gasteiger partial charge in [0, 0.05) is 26.9 Å². The third kappa shape index (κ3) is 8.88. The molecule has 0 aliphatic heterocycles. The van der Waals surface area contributed by atoms with Gasteiger partial charge in [-0.05, 0) is 78.7 Å². The van der Waals surface area contributed by atoms with Crippen molar-refractivity contribution in [1.82, 2.24) is 5.32 Å². The van der Waals surface area contributed by atoms with E-state index >= 15 is 0 Å². The molecule has 3 amide bonds. The number of benzene rings is 4. The van der Waals surface area contributed by atoms with Crippen LogP contribution in [-0.4, -0.2) is 37.7 Å². The maximum atomic E-state index is 13.5. The zero-order chi connectivity index (χ0) is 30.8. The van der Waals surface area contributed by atoms with Crippen LogP contribution in [0.25, 0.3) is 6.08 Å². The van der Waals surface area contributed by atoms with Crippen LogP contribution in [-0.2, 0) is 9.59 Å². The Kier molecular flexibility index (Phi) is 10.9. The van der Waals surface area contributed by atoms with Crippen molar-refractivity contribution in [3.8, 4) is 11.5 Å². The Balaban J connectivity index is 1.50. The molecule has 43 heavy (non-hydrogen) atoms. The van der Waals surface area contributed by atoms with Gasteiger partial charge < -0.3 is 25.4 Å². The van der Waals surface area contributed by atoms with E-state index in [1.807, 2.05) is 19.1 Å².